The number of hydrogen-bond donors (Lipinski definition) is 2. The van der Waals surface area contributed by atoms with Crippen molar-refractivity contribution in [2.24, 2.45) is 0 Å². The molecule has 2 N–H and O–H groups in total. The molecule has 0 bridgehead atoms. The van der Waals surface area contributed by atoms with E-state index in [4.69, 9.17) is 4.84 Å². The highest BCUT2D eigenvalue weighted by atomic mass is 32.1. The Bertz CT molecular complexity index is 641. The van der Waals surface area contributed by atoms with Crippen LogP contribution in [0.2, 0.25) is 0 Å². The van der Waals surface area contributed by atoms with Crippen molar-refractivity contribution < 1.29 is 14.4 Å². The average Bonchev–Trinajstić information content (AvgIpc) is 3.06. The van der Waals surface area contributed by atoms with Crippen molar-refractivity contribution in [3.05, 3.63) is 52.2 Å². The van der Waals surface area contributed by atoms with Crippen LogP contribution in [0.3, 0.4) is 0 Å². The minimum Gasteiger partial charge on any atom is -0.326 e. The fraction of sp³-hybridized carbons (Fsp3) is 0.294. The summed E-state index contributed by atoms with van der Waals surface area (Å²) in [6.07, 6.45) is 2.16. The molecule has 2 aromatic rings. The van der Waals surface area contributed by atoms with Gasteiger partial charge in [0.15, 0.2) is 0 Å². The number of hydroxylamine groups is 1. The number of carbonyl (C=O) groups is 2. The van der Waals surface area contributed by atoms with Gasteiger partial charge >= 0.3 is 0 Å². The van der Waals surface area contributed by atoms with E-state index in [0.717, 1.165) is 12.8 Å². The van der Waals surface area contributed by atoms with Gasteiger partial charge in [-0.3, -0.25) is 14.4 Å². The number of hydrogen-bond acceptors (Lipinski definition) is 4. The summed E-state index contributed by atoms with van der Waals surface area (Å²) in [5.41, 5.74) is 3.37. The van der Waals surface area contributed by atoms with Crippen LogP contribution in [-0.2, 0) is 16.1 Å². The first-order valence-electron chi connectivity index (χ1n) is 7.53. The highest BCUT2D eigenvalue weighted by molar-refractivity contribution is 7.09. The highest BCUT2D eigenvalue weighted by Gasteiger charge is 2.08. The Morgan fingerprint density at radius 3 is 2.83 bits per heavy atom. The van der Waals surface area contributed by atoms with Gasteiger partial charge < -0.3 is 5.32 Å². The lowest BCUT2D eigenvalue weighted by molar-refractivity contribution is -0.116. The van der Waals surface area contributed by atoms with Crippen molar-refractivity contribution in [1.82, 2.24) is 5.48 Å². The molecule has 1 heterocycles. The molecular weight excluding hydrogens is 312 g/mol. The molecule has 0 aliphatic heterocycles. The van der Waals surface area contributed by atoms with E-state index in [0.29, 0.717) is 24.3 Å². The number of carbonyl (C=O) groups excluding carboxylic acids is 2. The third-order valence-corrected chi connectivity index (χ3v) is 4.06. The quantitative estimate of drug-likeness (QED) is 0.728. The number of benzene rings is 1. The summed E-state index contributed by atoms with van der Waals surface area (Å²) >= 11 is 1.70. The molecule has 0 aliphatic carbocycles. The van der Waals surface area contributed by atoms with Gasteiger partial charge in [-0.1, -0.05) is 12.1 Å². The van der Waals surface area contributed by atoms with Crippen molar-refractivity contribution >= 4 is 28.8 Å². The summed E-state index contributed by atoms with van der Waals surface area (Å²) in [7, 11) is 0. The van der Waals surface area contributed by atoms with Crippen LogP contribution >= 0.6 is 11.3 Å². The smallest absolute Gasteiger partial charge is 0.274 e. The maximum absolute atomic E-state index is 12.0. The van der Waals surface area contributed by atoms with Gasteiger partial charge in [0.2, 0.25) is 5.91 Å². The zero-order chi connectivity index (χ0) is 16.5. The summed E-state index contributed by atoms with van der Waals surface area (Å²) in [5.74, 6) is -0.385. The molecule has 1 aromatic carbocycles. The van der Waals surface area contributed by atoms with E-state index < -0.39 is 0 Å². The summed E-state index contributed by atoms with van der Waals surface area (Å²) in [6, 6.07) is 10.9. The lowest BCUT2D eigenvalue weighted by atomic mass is 10.1. The monoisotopic (exact) mass is 332 g/mol. The zero-order valence-electron chi connectivity index (χ0n) is 13.0. The Labute approximate surface area is 139 Å². The Kier molecular flexibility index (Phi) is 6.77. The third-order valence-electron chi connectivity index (χ3n) is 3.12. The van der Waals surface area contributed by atoms with E-state index >= 15 is 0 Å². The van der Waals surface area contributed by atoms with E-state index in [1.54, 1.807) is 42.5 Å². The van der Waals surface area contributed by atoms with Crippen LogP contribution in [0.15, 0.2) is 41.8 Å². The molecule has 0 saturated heterocycles. The molecule has 6 heteroatoms. The summed E-state index contributed by atoms with van der Waals surface area (Å²) < 4.78 is 0. The molecule has 2 amide bonds. The maximum Gasteiger partial charge on any atom is 0.274 e. The van der Waals surface area contributed by atoms with E-state index in [-0.39, 0.29) is 11.8 Å². The molecule has 0 fully saturated rings. The number of thiophene rings is 1. The Balaban J connectivity index is 1.82. The van der Waals surface area contributed by atoms with Gasteiger partial charge in [-0.15, -0.1) is 11.3 Å². The predicted octanol–water partition coefficient (Wildman–Crippen LogP) is 3.39. The molecule has 0 radical (unpaired) electrons. The molecule has 0 atom stereocenters. The van der Waals surface area contributed by atoms with E-state index in [9.17, 15) is 9.59 Å². The lowest BCUT2D eigenvalue weighted by Gasteiger charge is -2.08. The van der Waals surface area contributed by atoms with Crippen LogP contribution in [0.4, 0.5) is 5.69 Å². The molecule has 2 rings (SSSR count). The Morgan fingerprint density at radius 2 is 2.09 bits per heavy atom. The van der Waals surface area contributed by atoms with Crippen molar-refractivity contribution in [3.8, 4) is 0 Å². The Hall–Kier alpha value is -2.18. The first-order valence-corrected chi connectivity index (χ1v) is 8.41. The predicted molar refractivity (Wildman–Crippen MR) is 91.4 cm³/mol. The lowest BCUT2D eigenvalue weighted by Crippen LogP contribution is -2.23. The number of nitrogens with one attached hydrogen (secondary N) is 2. The second-order valence-electron chi connectivity index (χ2n) is 4.93. The van der Waals surface area contributed by atoms with Crippen molar-refractivity contribution in [2.75, 3.05) is 11.9 Å². The molecule has 1 aromatic heterocycles. The molecular formula is C17H20N2O3S. The number of amides is 2. The molecule has 0 unspecified atom stereocenters. The second-order valence-corrected chi connectivity index (χ2v) is 5.96. The molecule has 0 spiro atoms. The van der Waals surface area contributed by atoms with Gasteiger partial charge in [-0.25, -0.2) is 5.48 Å². The summed E-state index contributed by atoms with van der Waals surface area (Å²) in [5, 5.41) is 4.85. The maximum atomic E-state index is 12.0. The van der Waals surface area contributed by atoms with Crippen LogP contribution in [0.5, 0.6) is 0 Å². The van der Waals surface area contributed by atoms with Crippen LogP contribution in [0.1, 0.15) is 35.0 Å². The topological polar surface area (TPSA) is 67.4 Å². The number of anilines is 1. The van der Waals surface area contributed by atoms with Crippen LogP contribution < -0.4 is 10.8 Å². The normalized spacial score (nSPS) is 10.3. The van der Waals surface area contributed by atoms with E-state index in [2.05, 4.69) is 16.9 Å². The molecule has 23 heavy (non-hydrogen) atoms. The number of aryl methyl sites for hydroxylation is 1. The molecule has 0 saturated carbocycles. The fourth-order valence-electron chi connectivity index (χ4n) is 2.04. The van der Waals surface area contributed by atoms with Crippen molar-refractivity contribution in [1.29, 1.82) is 0 Å². The van der Waals surface area contributed by atoms with Crippen molar-refractivity contribution in [3.63, 3.8) is 0 Å². The van der Waals surface area contributed by atoms with Crippen LogP contribution in [0.25, 0.3) is 0 Å². The van der Waals surface area contributed by atoms with Gasteiger partial charge in [-0.05, 0) is 49.4 Å². The van der Waals surface area contributed by atoms with Crippen molar-refractivity contribution in [2.45, 2.75) is 26.2 Å². The van der Waals surface area contributed by atoms with Gasteiger partial charge in [0.25, 0.3) is 5.91 Å². The standard InChI is InChI=1S/C17H20N2O3S/c1-2-22-19-17(21)13-6-3-7-14(12-13)18-16(20)10-4-8-15-9-5-11-23-15/h3,5-7,9,11-12H,2,4,8,10H2,1H3,(H,18,20)(H,19,21). The Morgan fingerprint density at radius 1 is 1.22 bits per heavy atom. The SMILES string of the molecule is CCONC(=O)c1cccc(NC(=O)CCCc2cccs2)c1. The van der Waals surface area contributed by atoms with Gasteiger partial charge in [0, 0.05) is 22.5 Å². The van der Waals surface area contributed by atoms with Gasteiger partial charge in [-0.2, -0.15) is 0 Å². The van der Waals surface area contributed by atoms with E-state index in [1.807, 2.05) is 11.4 Å². The van der Waals surface area contributed by atoms with Crippen LogP contribution in [-0.4, -0.2) is 18.4 Å². The highest BCUT2D eigenvalue weighted by Crippen LogP contribution is 2.14. The van der Waals surface area contributed by atoms with Gasteiger partial charge in [0.1, 0.15) is 0 Å². The third kappa shape index (κ3) is 5.84. The van der Waals surface area contributed by atoms with Gasteiger partial charge in [0.05, 0.1) is 6.61 Å². The number of rotatable bonds is 8. The summed E-state index contributed by atoms with van der Waals surface area (Å²) in [6.45, 7) is 2.18. The molecule has 122 valence electrons. The largest absolute Gasteiger partial charge is 0.326 e. The second kappa shape index (κ2) is 9.07. The first-order chi connectivity index (χ1) is 11.2. The zero-order valence-corrected chi connectivity index (χ0v) is 13.8. The first kappa shape index (κ1) is 17.2. The molecule has 0 aliphatic rings. The average molecular weight is 332 g/mol. The minimum atomic E-state index is -0.333. The van der Waals surface area contributed by atoms with E-state index in [1.165, 1.54) is 4.88 Å². The minimum absolute atomic E-state index is 0.0519. The molecule has 5 nitrogen and oxygen atoms in total. The fourth-order valence-corrected chi connectivity index (χ4v) is 2.79. The summed E-state index contributed by atoms with van der Waals surface area (Å²) in [4.78, 5) is 29.9. The van der Waals surface area contributed by atoms with Crippen LogP contribution in [0, 0.1) is 0 Å².